The van der Waals surface area contributed by atoms with E-state index in [1.54, 1.807) is 0 Å². The molecule has 4 N–H and O–H groups in total. The summed E-state index contributed by atoms with van der Waals surface area (Å²) in [4.78, 5) is 16.9. The predicted octanol–water partition coefficient (Wildman–Crippen LogP) is 4.75. The zero-order chi connectivity index (χ0) is 19.9. The van der Waals surface area contributed by atoms with Gasteiger partial charge in [-0.25, -0.2) is 4.99 Å². The van der Waals surface area contributed by atoms with Crippen molar-refractivity contribution in [1.29, 1.82) is 0 Å². The first kappa shape index (κ1) is 19.9. The van der Waals surface area contributed by atoms with Gasteiger partial charge >= 0.3 is 0 Å². The molecule has 2 aromatic rings. The van der Waals surface area contributed by atoms with Gasteiger partial charge in [-0.05, 0) is 67.6 Å². The lowest BCUT2D eigenvalue weighted by Crippen LogP contribution is -2.24. The fraction of sp³-hybridized carbons (Fsp3) is 0.391. The highest BCUT2D eigenvalue weighted by atomic mass is 16.1. The molecule has 0 aromatic heterocycles. The Morgan fingerprint density at radius 2 is 1.75 bits per heavy atom. The van der Waals surface area contributed by atoms with Crippen molar-refractivity contribution >= 4 is 23.2 Å². The minimum Gasteiger partial charge on any atom is -0.370 e. The van der Waals surface area contributed by atoms with Gasteiger partial charge in [0.15, 0.2) is 5.96 Å². The number of aryl methyl sites for hydroxylation is 2. The summed E-state index contributed by atoms with van der Waals surface area (Å²) >= 11 is 0. The van der Waals surface area contributed by atoms with Crippen LogP contribution in [0.5, 0.6) is 0 Å². The maximum Gasteiger partial charge on any atom is 0.227 e. The molecular formula is C23H30N4O. The number of hydrogen-bond donors (Lipinski definition) is 3. The van der Waals surface area contributed by atoms with E-state index >= 15 is 0 Å². The molecule has 2 aromatic carbocycles. The van der Waals surface area contributed by atoms with Crippen LogP contribution in [0.1, 0.15) is 48.8 Å². The van der Waals surface area contributed by atoms with E-state index in [9.17, 15) is 4.79 Å². The van der Waals surface area contributed by atoms with Gasteiger partial charge in [0, 0.05) is 17.3 Å². The lowest BCUT2D eigenvalue weighted by Gasteiger charge is -2.20. The van der Waals surface area contributed by atoms with Crippen molar-refractivity contribution in [3.8, 4) is 0 Å². The fourth-order valence-electron chi connectivity index (χ4n) is 3.54. The molecule has 0 radical (unpaired) electrons. The molecule has 1 fully saturated rings. The van der Waals surface area contributed by atoms with Crippen molar-refractivity contribution in [2.75, 3.05) is 10.6 Å². The van der Waals surface area contributed by atoms with Gasteiger partial charge in [-0.3, -0.25) is 4.79 Å². The largest absolute Gasteiger partial charge is 0.370 e. The van der Waals surface area contributed by atoms with E-state index in [4.69, 9.17) is 5.73 Å². The molecule has 0 spiro atoms. The first-order valence-corrected chi connectivity index (χ1v) is 10.1. The molecule has 5 nitrogen and oxygen atoms in total. The number of guanidine groups is 1. The lowest BCUT2D eigenvalue weighted by atomic mass is 9.88. The van der Waals surface area contributed by atoms with Gasteiger partial charge in [0.25, 0.3) is 0 Å². The van der Waals surface area contributed by atoms with Crippen LogP contribution in [-0.4, -0.2) is 11.9 Å². The number of anilines is 2. The molecule has 3 rings (SSSR count). The van der Waals surface area contributed by atoms with Crippen molar-refractivity contribution in [2.24, 2.45) is 16.6 Å². The number of carbonyl (C=O) groups excluding carboxylic acids is 1. The smallest absolute Gasteiger partial charge is 0.227 e. The number of carbonyl (C=O) groups is 1. The summed E-state index contributed by atoms with van der Waals surface area (Å²) in [5, 5.41) is 6.18. The van der Waals surface area contributed by atoms with Crippen LogP contribution in [0.2, 0.25) is 0 Å². The van der Waals surface area contributed by atoms with Crippen LogP contribution < -0.4 is 16.4 Å². The average molecular weight is 379 g/mol. The number of hydrogen-bond acceptors (Lipinski definition) is 2. The van der Waals surface area contributed by atoms with E-state index in [-0.39, 0.29) is 11.8 Å². The highest BCUT2D eigenvalue weighted by Gasteiger charge is 2.20. The normalized spacial score (nSPS) is 15.3. The van der Waals surface area contributed by atoms with Crippen LogP contribution in [0.4, 0.5) is 11.4 Å². The highest BCUT2D eigenvalue weighted by Crippen LogP contribution is 2.25. The molecule has 28 heavy (non-hydrogen) atoms. The molecule has 1 aliphatic rings. The maximum absolute atomic E-state index is 12.4. The van der Waals surface area contributed by atoms with Crippen molar-refractivity contribution in [2.45, 2.75) is 52.5 Å². The summed E-state index contributed by atoms with van der Waals surface area (Å²) < 4.78 is 0. The Labute approximate surface area is 167 Å². The summed E-state index contributed by atoms with van der Waals surface area (Å²) in [5.41, 5.74) is 11.2. The number of nitrogens with one attached hydrogen (secondary N) is 2. The summed E-state index contributed by atoms with van der Waals surface area (Å²) in [6.45, 7) is 4.61. The number of benzene rings is 2. The summed E-state index contributed by atoms with van der Waals surface area (Å²) in [7, 11) is 0. The van der Waals surface area contributed by atoms with Crippen LogP contribution >= 0.6 is 0 Å². The summed E-state index contributed by atoms with van der Waals surface area (Å²) in [6.07, 6.45) is 5.54. The number of rotatable bonds is 5. The van der Waals surface area contributed by atoms with E-state index < -0.39 is 0 Å². The zero-order valence-electron chi connectivity index (χ0n) is 16.8. The minimum atomic E-state index is 0.135. The molecule has 1 saturated carbocycles. The van der Waals surface area contributed by atoms with Crippen molar-refractivity contribution in [1.82, 2.24) is 0 Å². The van der Waals surface area contributed by atoms with Gasteiger partial charge in [0.1, 0.15) is 0 Å². The Bertz CT molecular complexity index is 853. The van der Waals surface area contributed by atoms with E-state index in [1.165, 1.54) is 17.5 Å². The molecule has 5 heteroatoms. The quantitative estimate of drug-likeness (QED) is 0.519. The van der Waals surface area contributed by atoms with Crippen LogP contribution in [-0.2, 0) is 11.3 Å². The third kappa shape index (κ3) is 5.59. The molecule has 0 unspecified atom stereocenters. The van der Waals surface area contributed by atoms with Gasteiger partial charge in [0.05, 0.1) is 6.54 Å². The molecule has 0 heterocycles. The Hall–Kier alpha value is -2.82. The van der Waals surface area contributed by atoms with Gasteiger partial charge in [-0.15, -0.1) is 0 Å². The third-order valence-corrected chi connectivity index (χ3v) is 5.38. The molecule has 0 saturated heterocycles. The number of nitrogens with zero attached hydrogens (tertiary/aromatic N) is 1. The molecule has 0 aliphatic heterocycles. The van der Waals surface area contributed by atoms with E-state index in [0.29, 0.717) is 12.5 Å². The maximum atomic E-state index is 12.4. The molecule has 1 amide bonds. The first-order valence-electron chi connectivity index (χ1n) is 10.1. The second-order valence-corrected chi connectivity index (χ2v) is 7.65. The average Bonchev–Trinajstić information content (AvgIpc) is 2.70. The van der Waals surface area contributed by atoms with Crippen molar-refractivity contribution in [3.05, 3.63) is 59.2 Å². The Morgan fingerprint density at radius 1 is 1.00 bits per heavy atom. The van der Waals surface area contributed by atoms with Crippen LogP contribution in [0.25, 0.3) is 0 Å². The van der Waals surface area contributed by atoms with E-state index in [1.807, 2.05) is 30.3 Å². The molecule has 0 bridgehead atoms. The molecule has 148 valence electrons. The second-order valence-electron chi connectivity index (χ2n) is 7.65. The van der Waals surface area contributed by atoms with Crippen LogP contribution in [0.15, 0.2) is 47.5 Å². The van der Waals surface area contributed by atoms with Crippen molar-refractivity contribution in [3.63, 3.8) is 0 Å². The lowest BCUT2D eigenvalue weighted by molar-refractivity contribution is -0.120. The van der Waals surface area contributed by atoms with Gasteiger partial charge in [-0.2, -0.15) is 0 Å². The van der Waals surface area contributed by atoms with Gasteiger partial charge in [-0.1, -0.05) is 37.5 Å². The first-order chi connectivity index (χ1) is 13.5. The Kier molecular flexibility index (Phi) is 6.69. The summed E-state index contributed by atoms with van der Waals surface area (Å²) in [6, 6.07) is 13.9. The van der Waals surface area contributed by atoms with Crippen LogP contribution in [0.3, 0.4) is 0 Å². The van der Waals surface area contributed by atoms with E-state index in [2.05, 4.69) is 41.6 Å². The number of aliphatic imine (C=N–C) groups is 1. The third-order valence-electron chi connectivity index (χ3n) is 5.38. The molecule has 0 atom stereocenters. The Balaban J connectivity index is 1.58. The highest BCUT2D eigenvalue weighted by molar-refractivity contribution is 5.93. The monoisotopic (exact) mass is 378 g/mol. The Morgan fingerprint density at radius 3 is 2.50 bits per heavy atom. The zero-order valence-corrected chi connectivity index (χ0v) is 16.8. The fourth-order valence-corrected chi connectivity index (χ4v) is 3.54. The SMILES string of the molecule is Cc1ccc(NC(N)=NCc2cccc(NC(=O)C3CCCCC3)c2)cc1C. The van der Waals surface area contributed by atoms with Crippen LogP contribution in [0, 0.1) is 19.8 Å². The van der Waals surface area contributed by atoms with Gasteiger partial charge in [0.2, 0.25) is 5.91 Å². The minimum absolute atomic E-state index is 0.135. The molecular weight excluding hydrogens is 348 g/mol. The topological polar surface area (TPSA) is 79.5 Å². The van der Waals surface area contributed by atoms with Gasteiger partial charge < -0.3 is 16.4 Å². The second kappa shape index (κ2) is 9.40. The van der Waals surface area contributed by atoms with Crippen molar-refractivity contribution < 1.29 is 4.79 Å². The standard InChI is InChI=1S/C23H30N4O/c1-16-11-12-21(13-17(16)2)27-23(24)25-15-18-7-6-10-20(14-18)26-22(28)19-8-4-3-5-9-19/h6-7,10-14,19H,3-5,8-9,15H2,1-2H3,(H,26,28)(H3,24,25,27). The molecule has 1 aliphatic carbocycles. The van der Waals surface area contributed by atoms with E-state index in [0.717, 1.165) is 42.6 Å². The predicted molar refractivity (Wildman–Crippen MR) is 117 cm³/mol. The number of nitrogens with two attached hydrogens (primary N) is 1. The summed E-state index contributed by atoms with van der Waals surface area (Å²) in [5.74, 6) is 0.657. The number of amides is 1.